The second kappa shape index (κ2) is 8.13. The van der Waals surface area contributed by atoms with Crippen LogP contribution >= 0.6 is 55.1 Å². The number of halogens is 6. The molecule has 0 amide bonds. The van der Waals surface area contributed by atoms with E-state index in [1.54, 1.807) is 42.7 Å². The van der Waals surface area contributed by atoms with Gasteiger partial charge in [0, 0.05) is 23.8 Å². The quantitative estimate of drug-likeness (QED) is 0.239. The van der Waals surface area contributed by atoms with E-state index in [0.717, 1.165) is 5.39 Å². The first-order valence-electron chi connectivity index (χ1n) is 7.16. The van der Waals surface area contributed by atoms with Crippen molar-refractivity contribution in [3.05, 3.63) is 79.4 Å². The van der Waals surface area contributed by atoms with E-state index in [1.807, 2.05) is 0 Å². The third-order valence-corrected chi connectivity index (χ3v) is 5.34. The van der Waals surface area contributed by atoms with Crippen LogP contribution in [0.3, 0.4) is 0 Å². The molecule has 0 aliphatic heterocycles. The average Bonchev–Trinajstić information content (AvgIpc) is 2.61. The summed E-state index contributed by atoms with van der Waals surface area (Å²) < 4.78 is 27.3. The summed E-state index contributed by atoms with van der Waals surface area (Å²) in [5, 5.41) is 2.06. The molecule has 4 aromatic rings. The summed E-state index contributed by atoms with van der Waals surface area (Å²) in [4.78, 5) is 8.00. The molecule has 132 valence electrons. The van der Waals surface area contributed by atoms with E-state index in [9.17, 15) is 8.78 Å². The molecule has 2 nitrogen and oxygen atoms in total. The van der Waals surface area contributed by atoms with Crippen LogP contribution in [0.5, 0.6) is 0 Å². The van der Waals surface area contributed by atoms with Gasteiger partial charge in [0.15, 0.2) is 0 Å². The number of rotatable bonds is 0. The molecular formula is C18H8Br2Cl2F2N2. The van der Waals surface area contributed by atoms with E-state index in [0.29, 0.717) is 35.4 Å². The first-order chi connectivity index (χ1) is 12.4. The fourth-order valence-electron chi connectivity index (χ4n) is 2.25. The molecule has 0 bridgehead atoms. The van der Waals surface area contributed by atoms with Gasteiger partial charge in [-0.25, -0.2) is 8.78 Å². The van der Waals surface area contributed by atoms with Gasteiger partial charge in [0.1, 0.15) is 11.6 Å². The Hall–Kier alpha value is -1.34. The van der Waals surface area contributed by atoms with E-state index in [4.69, 9.17) is 23.2 Å². The highest BCUT2D eigenvalue weighted by molar-refractivity contribution is 9.10. The van der Waals surface area contributed by atoms with Gasteiger partial charge in [0.25, 0.3) is 0 Å². The number of nitrogens with zero attached hydrogens (tertiary/aromatic N) is 2. The van der Waals surface area contributed by atoms with Crippen LogP contribution in [-0.4, -0.2) is 9.97 Å². The van der Waals surface area contributed by atoms with Gasteiger partial charge < -0.3 is 0 Å². The smallest absolute Gasteiger partial charge is 0.148 e. The first kappa shape index (κ1) is 19.4. The normalized spacial score (nSPS) is 10.7. The van der Waals surface area contributed by atoms with Crippen molar-refractivity contribution in [3.8, 4) is 0 Å². The fourth-order valence-corrected chi connectivity index (χ4v) is 3.37. The predicted octanol–water partition coefficient (Wildman–Crippen LogP) is 7.58. The second-order valence-electron chi connectivity index (χ2n) is 5.12. The van der Waals surface area contributed by atoms with E-state index >= 15 is 0 Å². The molecule has 0 spiro atoms. The standard InChI is InChI=1S/2C9H4BrClFN/c10-6-3-5-7(11)1-2-13-9(5)4-8(6)12;10-5-1-2-7-8(9(5)12)6(11)3-4-13-7/h2*1-4H. The minimum Gasteiger partial charge on any atom is -0.256 e. The van der Waals surface area contributed by atoms with E-state index in [2.05, 4.69) is 41.8 Å². The molecular weight excluding hydrogens is 513 g/mol. The highest BCUT2D eigenvalue weighted by atomic mass is 79.9. The Labute approximate surface area is 174 Å². The molecule has 0 fully saturated rings. The van der Waals surface area contributed by atoms with Crippen molar-refractivity contribution < 1.29 is 8.78 Å². The number of hydrogen-bond acceptors (Lipinski definition) is 2. The minimum absolute atomic E-state index is 0.331. The number of hydrogen-bond donors (Lipinski definition) is 0. The van der Waals surface area contributed by atoms with Gasteiger partial charge in [-0.1, -0.05) is 23.2 Å². The number of benzene rings is 2. The molecule has 0 aliphatic rings. The van der Waals surface area contributed by atoms with Crippen LogP contribution in [-0.2, 0) is 0 Å². The summed E-state index contributed by atoms with van der Waals surface area (Å²) in [7, 11) is 0. The molecule has 2 aromatic heterocycles. The van der Waals surface area contributed by atoms with Gasteiger partial charge in [-0.3, -0.25) is 9.97 Å². The summed E-state index contributed by atoms with van der Waals surface area (Å²) in [6.07, 6.45) is 3.11. The molecule has 26 heavy (non-hydrogen) atoms. The Morgan fingerprint density at radius 3 is 2.15 bits per heavy atom. The molecule has 0 radical (unpaired) electrons. The molecule has 0 saturated carbocycles. The second-order valence-corrected chi connectivity index (χ2v) is 7.65. The fraction of sp³-hybridized carbons (Fsp3) is 0. The molecule has 0 atom stereocenters. The van der Waals surface area contributed by atoms with Crippen molar-refractivity contribution >= 4 is 76.9 Å². The van der Waals surface area contributed by atoms with Gasteiger partial charge >= 0.3 is 0 Å². The van der Waals surface area contributed by atoms with Crippen molar-refractivity contribution in [1.82, 2.24) is 9.97 Å². The monoisotopic (exact) mass is 518 g/mol. The summed E-state index contributed by atoms with van der Waals surface area (Å²) in [6.45, 7) is 0. The maximum absolute atomic E-state index is 13.5. The zero-order valence-corrected chi connectivity index (χ0v) is 17.5. The lowest BCUT2D eigenvalue weighted by atomic mass is 10.2. The molecule has 8 heteroatoms. The highest BCUT2D eigenvalue weighted by Crippen LogP contribution is 2.29. The Morgan fingerprint density at radius 2 is 1.42 bits per heavy atom. The SMILES string of the molecule is Fc1c(Br)ccc2nccc(Cl)c12.Fc1cc2nccc(Cl)c2cc1Br. The van der Waals surface area contributed by atoms with Crippen LogP contribution in [0.1, 0.15) is 0 Å². The topological polar surface area (TPSA) is 25.8 Å². The lowest BCUT2D eigenvalue weighted by molar-refractivity contribution is 0.623. The Morgan fingerprint density at radius 1 is 0.769 bits per heavy atom. The zero-order valence-electron chi connectivity index (χ0n) is 12.8. The third kappa shape index (κ3) is 3.98. The van der Waals surface area contributed by atoms with Crippen LogP contribution in [0, 0.1) is 11.6 Å². The van der Waals surface area contributed by atoms with E-state index in [1.165, 1.54) is 6.07 Å². The molecule has 0 saturated heterocycles. The van der Waals surface area contributed by atoms with Crippen LogP contribution in [0.25, 0.3) is 21.8 Å². The first-order valence-corrected chi connectivity index (χ1v) is 9.50. The molecule has 2 aromatic carbocycles. The van der Waals surface area contributed by atoms with Gasteiger partial charge in [-0.05, 0) is 62.2 Å². The highest BCUT2D eigenvalue weighted by Gasteiger charge is 2.08. The summed E-state index contributed by atoms with van der Waals surface area (Å²) in [5.41, 5.74) is 1.13. The zero-order chi connectivity index (χ0) is 18.8. The predicted molar refractivity (Wildman–Crippen MR) is 109 cm³/mol. The van der Waals surface area contributed by atoms with Crippen molar-refractivity contribution in [2.45, 2.75) is 0 Å². The molecule has 0 N–H and O–H groups in total. The van der Waals surface area contributed by atoms with E-state index in [-0.39, 0.29) is 11.6 Å². The summed E-state index contributed by atoms with van der Waals surface area (Å²) >= 11 is 17.9. The minimum atomic E-state index is -0.365. The molecule has 0 aliphatic carbocycles. The Kier molecular flexibility index (Phi) is 6.07. The Balaban J connectivity index is 0.000000151. The van der Waals surface area contributed by atoms with Gasteiger partial charge in [0.05, 0.1) is 35.4 Å². The lowest BCUT2D eigenvalue weighted by Crippen LogP contribution is -1.85. The van der Waals surface area contributed by atoms with Crippen LogP contribution < -0.4 is 0 Å². The third-order valence-electron chi connectivity index (χ3n) is 3.48. The van der Waals surface area contributed by atoms with Crippen molar-refractivity contribution in [1.29, 1.82) is 0 Å². The summed E-state index contributed by atoms with van der Waals surface area (Å²) in [6, 6.07) is 9.55. The molecule has 2 heterocycles. The van der Waals surface area contributed by atoms with Crippen molar-refractivity contribution in [2.75, 3.05) is 0 Å². The van der Waals surface area contributed by atoms with Gasteiger partial charge in [0.2, 0.25) is 0 Å². The summed E-state index contributed by atoms with van der Waals surface area (Å²) in [5.74, 6) is -0.696. The molecule has 4 rings (SSSR count). The van der Waals surface area contributed by atoms with Gasteiger partial charge in [-0.2, -0.15) is 0 Å². The Bertz CT molecular complexity index is 1120. The molecule has 0 unspecified atom stereocenters. The number of aromatic nitrogens is 2. The number of fused-ring (bicyclic) bond motifs is 2. The van der Waals surface area contributed by atoms with Crippen molar-refractivity contribution in [3.63, 3.8) is 0 Å². The number of pyridine rings is 2. The lowest BCUT2D eigenvalue weighted by Gasteiger charge is -2.01. The van der Waals surface area contributed by atoms with Crippen LogP contribution in [0.4, 0.5) is 8.78 Å². The average molecular weight is 521 g/mol. The van der Waals surface area contributed by atoms with Crippen molar-refractivity contribution in [2.24, 2.45) is 0 Å². The maximum Gasteiger partial charge on any atom is 0.148 e. The van der Waals surface area contributed by atoms with Crippen LogP contribution in [0.2, 0.25) is 10.0 Å². The van der Waals surface area contributed by atoms with Gasteiger partial charge in [-0.15, -0.1) is 0 Å². The van der Waals surface area contributed by atoms with E-state index < -0.39 is 0 Å². The largest absolute Gasteiger partial charge is 0.256 e. The van der Waals surface area contributed by atoms with Crippen LogP contribution in [0.15, 0.2) is 57.7 Å². The maximum atomic E-state index is 13.5.